The molecule has 1 amide bonds. The largest absolute Gasteiger partial charge is 0.467 e. The molecule has 1 aliphatic heterocycles. The minimum Gasteiger partial charge on any atom is -0.467 e. The Morgan fingerprint density at radius 1 is 1.12 bits per heavy atom. The molecule has 0 bridgehead atoms. The van der Waals surface area contributed by atoms with Gasteiger partial charge in [0.1, 0.15) is 11.9 Å². The number of carbonyl (C=O) groups excluding carboxylic acids is 1. The Kier molecular flexibility index (Phi) is 3.41. The van der Waals surface area contributed by atoms with E-state index in [1.165, 1.54) is 0 Å². The van der Waals surface area contributed by atoms with Crippen LogP contribution in [0, 0.1) is 13.8 Å². The van der Waals surface area contributed by atoms with Gasteiger partial charge in [-0.1, -0.05) is 12.1 Å². The molecule has 2 N–H and O–H groups in total. The average molecular weight is 321 g/mol. The number of para-hydroxylation sites is 1. The van der Waals surface area contributed by atoms with E-state index in [0.717, 1.165) is 28.4 Å². The standard InChI is InChI=1S/C19H19N3O2/c1-12-10-16(13(2)22(12)11-14-6-5-9-24-14)18-20-17-8-4-3-7-15(17)19(23)21-18/h3-10,18,20H,11H2,1-2H3,(H,21,23)/t18-/m0/s1. The van der Waals surface area contributed by atoms with E-state index in [4.69, 9.17) is 4.42 Å². The van der Waals surface area contributed by atoms with Gasteiger partial charge in [-0.2, -0.15) is 0 Å². The maximum Gasteiger partial charge on any atom is 0.255 e. The Bertz CT molecular complexity index is 893. The fourth-order valence-electron chi connectivity index (χ4n) is 3.28. The summed E-state index contributed by atoms with van der Waals surface area (Å²) in [7, 11) is 0. The van der Waals surface area contributed by atoms with Gasteiger partial charge in [0.25, 0.3) is 5.91 Å². The summed E-state index contributed by atoms with van der Waals surface area (Å²) in [5.74, 6) is 0.861. The fraction of sp³-hybridized carbons (Fsp3) is 0.211. The second-order valence-electron chi connectivity index (χ2n) is 6.09. The van der Waals surface area contributed by atoms with Gasteiger partial charge in [-0.15, -0.1) is 0 Å². The van der Waals surface area contributed by atoms with E-state index in [1.54, 1.807) is 6.26 Å². The van der Waals surface area contributed by atoms with Gasteiger partial charge in [0.2, 0.25) is 0 Å². The number of aryl methyl sites for hydroxylation is 1. The minimum atomic E-state index is -0.232. The van der Waals surface area contributed by atoms with Gasteiger partial charge in [-0.25, -0.2) is 0 Å². The predicted octanol–water partition coefficient (Wildman–Crippen LogP) is 3.60. The average Bonchev–Trinajstić information content (AvgIpc) is 3.18. The molecular weight excluding hydrogens is 302 g/mol. The van der Waals surface area contributed by atoms with Gasteiger partial charge >= 0.3 is 0 Å². The van der Waals surface area contributed by atoms with Gasteiger partial charge in [0, 0.05) is 22.6 Å². The van der Waals surface area contributed by atoms with E-state index in [1.807, 2.05) is 36.4 Å². The summed E-state index contributed by atoms with van der Waals surface area (Å²) in [6.07, 6.45) is 1.45. The van der Waals surface area contributed by atoms with Crippen LogP contribution in [0.2, 0.25) is 0 Å². The van der Waals surface area contributed by atoms with Crippen LogP contribution >= 0.6 is 0 Å². The van der Waals surface area contributed by atoms with Gasteiger partial charge < -0.3 is 19.6 Å². The molecule has 0 unspecified atom stereocenters. The summed E-state index contributed by atoms with van der Waals surface area (Å²) < 4.78 is 7.66. The molecule has 1 aromatic carbocycles. The summed E-state index contributed by atoms with van der Waals surface area (Å²) in [6, 6.07) is 13.5. The highest BCUT2D eigenvalue weighted by molar-refractivity contribution is 6.01. The lowest BCUT2D eigenvalue weighted by molar-refractivity contribution is 0.0935. The number of nitrogens with one attached hydrogen (secondary N) is 2. The first-order valence-electron chi connectivity index (χ1n) is 7.99. The molecule has 0 radical (unpaired) electrons. The van der Waals surface area contributed by atoms with Gasteiger partial charge in [-0.3, -0.25) is 4.79 Å². The van der Waals surface area contributed by atoms with E-state index in [-0.39, 0.29) is 12.1 Å². The number of furan rings is 1. The van der Waals surface area contributed by atoms with E-state index in [2.05, 4.69) is 35.1 Å². The molecule has 122 valence electrons. The molecule has 3 aromatic rings. The fourth-order valence-corrected chi connectivity index (χ4v) is 3.28. The zero-order valence-electron chi connectivity index (χ0n) is 13.7. The van der Waals surface area contributed by atoms with Crippen LogP contribution in [0.25, 0.3) is 0 Å². The SMILES string of the molecule is Cc1cc([C@@H]2NC(=O)c3ccccc3N2)c(C)n1Cc1ccco1. The van der Waals surface area contributed by atoms with Gasteiger partial charge in [-0.05, 0) is 44.2 Å². The molecule has 4 rings (SSSR count). The van der Waals surface area contributed by atoms with Crippen molar-refractivity contribution in [3.8, 4) is 0 Å². The highest BCUT2D eigenvalue weighted by Crippen LogP contribution is 2.29. The summed E-state index contributed by atoms with van der Waals surface area (Å²) in [5, 5.41) is 6.46. The van der Waals surface area contributed by atoms with Crippen LogP contribution in [0.1, 0.15) is 39.2 Å². The number of hydrogen-bond acceptors (Lipinski definition) is 3. The van der Waals surface area contributed by atoms with Crippen molar-refractivity contribution in [2.75, 3.05) is 5.32 Å². The Balaban J connectivity index is 1.67. The molecule has 1 aliphatic rings. The van der Waals surface area contributed by atoms with E-state index in [0.29, 0.717) is 12.1 Å². The molecule has 0 spiro atoms. The van der Waals surface area contributed by atoms with Crippen LogP contribution in [0.4, 0.5) is 5.69 Å². The minimum absolute atomic E-state index is 0.0508. The number of rotatable bonds is 3. The van der Waals surface area contributed by atoms with Gasteiger partial charge in [0.05, 0.1) is 18.4 Å². The lowest BCUT2D eigenvalue weighted by Crippen LogP contribution is -2.38. The highest BCUT2D eigenvalue weighted by atomic mass is 16.3. The monoisotopic (exact) mass is 321 g/mol. The number of benzene rings is 1. The Morgan fingerprint density at radius 3 is 2.75 bits per heavy atom. The number of anilines is 1. The molecule has 0 saturated heterocycles. The van der Waals surface area contributed by atoms with Crippen LogP contribution in [0.3, 0.4) is 0 Å². The van der Waals surface area contributed by atoms with Crippen LogP contribution < -0.4 is 10.6 Å². The van der Waals surface area contributed by atoms with E-state index in [9.17, 15) is 4.79 Å². The second-order valence-corrected chi connectivity index (χ2v) is 6.09. The zero-order valence-corrected chi connectivity index (χ0v) is 13.7. The first kappa shape index (κ1) is 14.6. The topological polar surface area (TPSA) is 59.2 Å². The summed E-state index contributed by atoms with van der Waals surface area (Å²) in [4.78, 5) is 12.4. The lowest BCUT2D eigenvalue weighted by atomic mass is 10.1. The third kappa shape index (κ3) is 2.38. The van der Waals surface area contributed by atoms with Crippen molar-refractivity contribution in [3.63, 3.8) is 0 Å². The van der Waals surface area contributed by atoms with Crippen molar-refractivity contribution in [1.82, 2.24) is 9.88 Å². The molecular formula is C19H19N3O2. The first-order chi connectivity index (χ1) is 11.6. The highest BCUT2D eigenvalue weighted by Gasteiger charge is 2.27. The van der Waals surface area contributed by atoms with Crippen molar-refractivity contribution in [2.45, 2.75) is 26.6 Å². The number of carbonyl (C=O) groups is 1. The van der Waals surface area contributed by atoms with Crippen molar-refractivity contribution in [2.24, 2.45) is 0 Å². The number of aromatic nitrogens is 1. The number of fused-ring (bicyclic) bond motifs is 1. The Labute approximate surface area is 140 Å². The van der Waals surface area contributed by atoms with Crippen LogP contribution in [0.5, 0.6) is 0 Å². The lowest BCUT2D eigenvalue weighted by Gasteiger charge is -2.28. The number of hydrogen-bond donors (Lipinski definition) is 2. The summed E-state index contributed by atoms with van der Waals surface area (Å²) in [6.45, 7) is 4.82. The summed E-state index contributed by atoms with van der Waals surface area (Å²) in [5.41, 5.74) is 4.86. The maximum absolute atomic E-state index is 12.4. The van der Waals surface area contributed by atoms with Crippen molar-refractivity contribution in [3.05, 3.63) is 77.0 Å². The molecule has 24 heavy (non-hydrogen) atoms. The smallest absolute Gasteiger partial charge is 0.255 e. The third-order valence-electron chi connectivity index (χ3n) is 4.56. The number of nitrogens with zero attached hydrogens (tertiary/aromatic N) is 1. The zero-order chi connectivity index (χ0) is 16.7. The van der Waals surface area contributed by atoms with Crippen molar-refractivity contribution in [1.29, 1.82) is 0 Å². The van der Waals surface area contributed by atoms with E-state index < -0.39 is 0 Å². The molecule has 0 aliphatic carbocycles. The van der Waals surface area contributed by atoms with Crippen LogP contribution in [0.15, 0.2) is 53.1 Å². The van der Waals surface area contributed by atoms with Gasteiger partial charge in [0.15, 0.2) is 0 Å². The molecule has 0 fully saturated rings. The molecule has 3 heterocycles. The number of amides is 1. The predicted molar refractivity (Wildman–Crippen MR) is 92.0 cm³/mol. The second kappa shape index (κ2) is 5.60. The van der Waals surface area contributed by atoms with Crippen molar-refractivity contribution >= 4 is 11.6 Å². The Hall–Kier alpha value is -2.95. The first-order valence-corrected chi connectivity index (χ1v) is 7.99. The molecule has 1 atom stereocenters. The van der Waals surface area contributed by atoms with Crippen LogP contribution in [-0.4, -0.2) is 10.5 Å². The molecule has 5 nitrogen and oxygen atoms in total. The van der Waals surface area contributed by atoms with Crippen LogP contribution in [-0.2, 0) is 6.54 Å². The van der Waals surface area contributed by atoms with E-state index >= 15 is 0 Å². The quantitative estimate of drug-likeness (QED) is 0.775. The third-order valence-corrected chi connectivity index (χ3v) is 4.56. The van der Waals surface area contributed by atoms with Crippen molar-refractivity contribution < 1.29 is 9.21 Å². The molecule has 2 aromatic heterocycles. The normalized spacial score (nSPS) is 16.4. The Morgan fingerprint density at radius 2 is 1.96 bits per heavy atom. The maximum atomic E-state index is 12.4. The summed E-state index contributed by atoms with van der Waals surface area (Å²) >= 11 is 0. The molecule has 5 heteroatoms. The molecule has 0 saturated carbocycles.